The highest BCUT2D eigenvalue weighted by atomic mass is 79.9. The van der Waals surface area contributed by atoms with Gasteiger partial charge in [0.05, 0.1) is 53.8 Å². The van der Waals surface area contributed by atoms with Crippen molar-refractivity contribution in [2.24, 2.45) is 4.99 Å². The van der Waals surface area contributed by atoms with Gasteiger partial charge in [0.1, 0.15) is 6.61 Å². The molecule has 0 spiro atoms. The van der Waals surface area contributed by atoms with Crippen molar-refractivity contribution in [3.05, 3.63) is 111 Å². The summed E-state index contributed by atoms with van der Waals surface area (Å²) in [7, 11) is 3.07. The van der Waals surface area contributed by atoms with Gasteiger partial charge in [-0.1, -0.05) is 46.7 Å². The highest BCUT2D eigenvalue weighted by Crippen LogP contribution is 2.39. The predicted octanol–water partition coefficient (Wildman–Crippen LogP) is 6.86. The van der Waals surface area contributed by atoms with Crippen LogP contribution in [0.15, 0.2) is 74.1 Å². The summed E-state index contributed by atoms with van der Waals surface area (Å²) < 4.78 is 31.0. The number of methoxy groups -OCH3 is 2. The number of hydrogen-bond acceptors (Lipinski definition) is 9. The molecule has 4 aromatic rings. The molecule has 5 rings (SSSR count). The van der Waals surface area contributed by atoms with E-state index in [-0.39, 0.29) is 24.3 Å². The molecule has 2 heterocycles. The smallest absolute Gasteiger partial charge is 0.338 e. The Morgan fingerprint density at radius 3 is 2.45 bits per heavy atom. The maximum atomic E-state index is 14.2. The van der Waals surface area contributed by atoms with Crippen LogP contribution in [0.4, 0.5) is 0 Å². The number of carbonyl (C=O) groups excluding carboxylic acids is 1. The molecule has 1 aliphatic rings. The molecular weight excluding hydrogens is 731 g/mol. The van der Waals surface area contributed by atoms with Gasteiger partial charge in [-0.05, 0) is 90.3 Å². The highest BCUT2D eigenvalue weighted by Gasteiger charge is 2.34. The zero-order valence-corrected chi connectivity index (χ0v) is 30.1. The third kappa shape index (κ3) is 7.23. The lowest BCUT2D eigenvalue weighted by atomic mass is 9.95. The standard InChI is InChI=1S/C34H31BrCl2N2O7S/c1-6-44-27-13-19(12-23(35)31(27)46-17-21-8-10-22(36)16-24(21)37)14-28-32(40)39-30(20-9-11-25(42-4)26(15-20)43-5)29(33(41)45-7-2)18(3)38-34(39)47-28/h8-16,30H,6-7,17H2,1-5H3. The molecule has 0 N–H and O–H groups in total. The minimum atomic E-state index is -0.812. The Bertz CT molecular complexity index is 2060. The maximum absolute atomic E-state index is 14.2. The summed E-state index contributed by atoms with van der Waals surface area (Å²) in [4.78, 5) is 32.5. The first kappa shape index (κ1) is 34.6. The molecule has 0 fully saturated rings. The van der Waals surface area contributed by atoms with Crippen LogP contribution in [-0.4, -0.2) is 38.0 Å². The number of benzene rings is 3. The fraction of sp³-hybridized carbons (Fsp3) is 0.265. The molecule has 1 unspecified atom stereocenters. The van der Waals surface area contributed by atoms with Crippen LogP contribution < -0.4 is 33.8 Å². The Balaban J connectivity index is 1.60. The molecule has 1 aliphatic heterocycles. The van der Waals surface area contributed by atoms with Crippen LogP contribution in [0.2, 0.25) is 10.0 Å². The van der Waals surface area contributed by atoms with Gasteiger partial charge in [0, 0.05) is 15.6 Å². The van der Waals surface area contributed by atoms with Crippen molar-refractivity contribution in [3.63, 3.8) is 0 Å². The van der Waals surface area contributed by atoms with Crippen molar-refractivity contribution < 1.29 is 28.5 Å². The first-order chi connectivity index (χ1) is 22.6. The summed E-state index contributed by atoms with van der Waals surface area (Å²) >= 11 is 17.2. The fourth-order valence-electron chi connectivity index (χ4n) is 5.14. The monoisotopic (exact) mass is 760 g/mol. The molecule has 1 aromatic heterocycles. The molecule has 13 heteroatoms. The third-order valence-corrected chi connectivity index (χ3v) is 9.42. The van der Waals surface area contributed by atoms with Crippen molar-refractivity contribution in [2.75, 3.05) is 27.4 Å². The second-order valence-corrected chi connectivity index (χ2v) is 12.9. The van der Waals surface area contributed by atoms with E-state index >= 15 is 0 Å². The van der Waals surface area contributed by atoms with E-state index in [9.17, 15) is 9.59 Å². The van der Waals surface area contributed by atoms with E-state index in [4.69, 9.17) is 46.9 Å². The van der Waals surface area contributed by atoms with Crippen molar-refractivity contribution >= 4 is 62.5 Å². The van der Waals surface area contributed by atoms with E-state index in [1.807, 2.05) is 13.0 Å². The lowest BCUT2D eigenvalue weighted by Crippen LogP contribution is -2.40. The Hall–Kier alpha value is -3.77. The molecule has 47 heavy (non-hydrogen) atoms. The number of carbonyl (C=O) groups is 1. The molecule has 0 amide bonds. The summed E-state index contributed by atoms with van der Waals surface area (Å²) in [6.45, 7) is 6.07. The van der Waals surface area contributed by atoms with Gasteiger partial charge in [0.25, 0.3) is 5.56 Å². The first-order valence-corrected chi connectivity index (χ1v) is 16.9. The normalized spacial score (nSPS) is 14.4. The van der Waals surface area contributed by atoms with E-state index in [1.165, 1.54) is 30.1 Å². The minimum Gasteiger partial charge on any atom is -0.493 e. The van der Waals surface area contributed by atoms with Crippen molar-refractivity contribution in [1.29, 1.82) is 0 Å². The number of fused-ring (bicyclic) bond motifs is 1. The van der Waals surface area contributed by atoms with Gasteiger partial charge in [-0.3, -0.25) is 9.36 Å². The number of aromatic nitrogens is 1. The van der Waals surface area contributed by atoms with Gasteiger partial charge in [-0.2, -0.15) is 0 Å². The number of halogens is 3. The number of thiazole rings is 1. The maximum Gasteiger partial charge on any atom is 0.338 e. The number of esters is 1. The lowest BCUT2D eigenvalue weighted by Gasteiger charge is -2.25. The number of nitrogens with zero attached hydrogens (tertiary/aromatic N) is 2. The van der Waals surface area contributed by atoms with E-state index in [2.05, 4.69) is 20.9 Å². The topological polar surface area (TPSA) is 97.6 Å². The molecule has 1 atom stereocenters. The van der Waals surface area contributed by atoms with Crippen LogP contribution in [0, 0.1) is 0 Å². The number of rotatable bonds is 11. The molecule has 246 valence electrons. The van der Waals surface area contributed by atoms with Crippen molar-refractivity contribution in [3.8, 4) is 23.0 Å². The summed E-state index contributed by atoms with van der Waals surface area (Å²) in [5.41, 5.74) is 2.48. The van der Waals surface area contributed by atoms with E-state index < -0.39 is 12.0 Å². The predicted molar refractivity (Wildman–Crippen MR) is 186 cm³/mol. The van der Waals surface area contributed by atoms with E-state index in [1.54, 1.807) is 62.4 Å². The van der Waals surface area contributed by atoms with E-state index in [0.717, 1.165) is 5.56 Å². The molecular formula is C34H31BrCl2N2O7S. The van der Waals surface area contributed by atoms with Gasteiger partial charge in [-0.25, -0.2) is 9.79 Å². The van der Waals surface area contributed by atoms with Gasteiger partial charge >= 0.3 is 5.97 Å². The summed E-state index contributed by atoms with van der Waals surface area (Å²) in [5.74, 6) is 1.39. The fourth-order valence-corrected chi connectivity index (χ4v) is 7.23. The molecule has 0 radical (unpaired) electrons. The van der Waals surface area contributed by atoms with Crippen LogP contribution in [0.1, 0.15) is 43.5 Å². The largest absolute Gasteiger partial charge is 0.493 e. The second-order valence-electron chi connectivity index (χ2n) is 10.2. The van der Waals surface area contributed by atoms with Gasteiger partial charge in [0.2, 0.25) is 0 Å². The number of hydrogen-bond donors (Lipinski definition) is 0. The summed E-state index contributed by atoms with van der Waals surface area (Å²) in [6, 6.07) is 13.3. The molecule has 0 bridgehead atoms. The average molecular weight is 763 g/mol. The van der Waals surface area contributed by atoms with Crippen LogP contribution in [-0.2, 0) is 16.1 Å². The third-order valence-electron chi connectivity index (χ3n) is 7.26. The molecule has 3 aromatic carbocycles. The molecule has 0 saturated heterocycles. The zero-order chi connectivity index (χ0) is 33.8. The Morgan fingerprint density at radius 2 is 1.77 bits per heavy atom. The second kappa shape index (κ2) is 15.0. The van der Waals surface area contributed by atoms with E-state index in [0.29, 0.717) is 70.3 Å². The minimum absolute atomic E-state index is 0.169. The molecule has 0 saturated carbocycles. The van der Waals surface area contributed by atoms with Gasteiger partial charge < -0.3 is 23.7 Å². The van der Waals surface area contributed by atoms with Crippen molar-refractivity contribution in [2.45, 2.75) is 33.4 Å². The van der Waals surface area contributed by atoms with Gasteiger partial charge in [0.15, 0.2) is 27.8 Å². The van der Waals surface area contributed by atoms with Crippen LogP contribution in [0.5, 0.6) is 23.0 Å². The van der Waals surface area contributed by atoms with Gasteiger partial charge in [-0.15, -0.1) is 0 Å². The summed E-state index contributed by atoms with van der Waals surface area (Å²) in [6.07, 6.45) is 1.76. The van der Waals surface area contributed by atoms with Crippen LogP contribution in [0.3, 0.4) is 0 Å². The Morgan fingerprint density at radius 1 is 1.00 bits per heavy atom. The van der Waals surface area contributed by atoms with Crippen LogP contribution >= 0.6 is 50.5 Å². The number of ether oxygens (including phenoxy) is 5. The average Bonchev–Trinajstić information content (AvgIpc) is 3.34. The Labute approximate surface area is 293 Å². The van der Waals surface area contributed by atoms with Crippen molar-refractivity contribution in [1.82, 2.24) is 4.57 Å². The quantitative estimate of drug-likeness (QED) is 0.154. The molecule has 9 nitrogen and oxygen atoms in total. The lowest BCUT2D eigenvalue weighted by molar-refractivity contribution is -0.139. The SMILES string of the molecule is CCOC(=O)C1=C(C)N=c2sc(=Cc3cc(Br)c(OCc4ccc(Cl)cc4Cl)c(OCC)c3)c(=O)n2C1c1ccc(OC)c(OC)c1. The number of allylic oxidation sites excluding steroid dienone is 1. The highest BCUT2D eigenvalue weighted by molar-refractivity contribution is 9.10. The van der Waals surface area contributed by atoms with Crippen LogP contribution in [0.25, 0.3) is 6.08 Å². The zero-order valence-electron chi connectivity index (χ0n) is 26.2. The first-order valence-electron chi connectivity index (χ1n) is 14.5. The summed E-state index contributed by atoms with van der Waals surface area (Å²) in [5, 5.41) is 1.03. The Kier molecular flexibility index (Phi) is 11.0. The molecule has 0 aliphatic carbocycles.